The first-order chi connectivity index (χ1) is 6.83. The van der Waals surface area contributed by atoms with Crippen LogP contribution in [0.1, 0.15) is 19.1 Å². The molecule has 0 aliphatic carbocycles. The lowest BCUT2D eigenvalue weighted by molar-refractivity contribution is -0.111. The van der Waals surface area contributed by atoms with E-state index in [-0.39, 0.29) is 17.9 Å². The molecule has 1 unspecified atom stereocenters. The molecule has 0 aromatic carbocycles. The summed E-state index contributed by atoms with van der Waals surface area (Å²) in [6.07, 6.45) is 2.63. The van der Waals surface area contributed by atoms with Crippen LogP contribution < -0.4 is 0 Å². The average Bonchev–Trinajstić information content (AvgIpc) is 2.63. The molecule has 14 heavy (non-hydrogen) atoms. The molecular weight excluding hydrogens is 180 g/mol. The first-order valence-electron chi connectivity index (χ1n) is 5.06. The fourth-order valence-electron chi connectivity index (χ4n) is 2.16. The number of furan rings is 1. The summed E-state index contributed by atoms with van der Waals surface area (Å²) >= 11 is 0. The van der Waals surface area contributed by atoms with Gasteiger partial charge in [-0.2, -0.15) is 0 Å². The molecule has 1 aliphatic heterocycles. The molecule has 0 spiro atoms. The van der Waals surface area contributed by atoms with E-state index in [0.717, 1.165) is 12.2 Å². The van der Waals surface area contributed by atoms with Crippen LogP contribution in [0.15, 0.2) is 22.8 Å². The molecule has 3 heteroatoms. The molecular formula is C11H16O3. The molecule has 2 rings (SSSR count). The van der Waals surface area contributed by atoms with Gasteiger partial charge in [0.25, 0.3) is 0 Å². The van der Waals surface area contributed by atoms with Crippen molar-refractivity contribution in [3.63, 3.8) is 0 Å². The maximum Gasteiger partial charge on any atom is 0.114 e. The summed E-state index contributed by atoms with van der Waals surface area (Å²) in [5.74, 6) is 1.19. The Hall–Kier alpha value is -0.800. The summed E-state index contributed by atoms with van der Waals surface area (Å²) in [5.41, 5.74) is -0.0764. The van der Waals surface area contributed by atoms with Crippen molar-refractivity contribution in [3.05, 3.63) is 24.2 Å². The minimum Gasteiger partial charge on any atom is -0.469 e. The highest BCUT2D eigenvalue weighted by Crippen LogP contribution is 2.41. The van der Waals surface area contributed by atoms with Gasteiger partial charge in [-0.3, -0.25) is 0 Å². The molecule has 1 N–H and O–H groups in total. The SMILES string of the molecule is CCC(CO)C1(c2ccco2)COC1. The summed E-state index contributed by atoms with van der Waals surface area (Å²) < 4.78 is 10.7. The van der Waals surface area contributed by atoms with Crippen LogP contribution in [-0.4, -0.2) is 24.9 Å². The number of aliphatic hydroxyl groups is 1. The normalized spacial score (nSPS) is 21.6. The Balaban J connectivity index is 2.25. The zero-order chi connectivity index (χ0) is 10.0. The number of aliphatic hydroxyl groups excluding tert-OH is 1. The van der Waals surface area contributed by atoms with Crippen molar-refractivity contribution >= 4 is 0 Å². The largest absolute Gasteiger partial charge is 0.469 e. The van der Waals surface area contributed by atoms with Gasteiger partial charge in [0.1, 0.15) is 5.76 Å². The molecule has 1 aromatic rings. The zero-order valence-corrected chi connectivity index (χ0v) is 8.40. The van der Waals surface area contributed by atoms with Crippen LogP contribution in [0.3, 0.4) is 0 Å². The molecule has 78 valence electrons. The van der Waals surface area contributed by atoms with Crippen LogP contribution in [-0.2, 0) is 10.2 Å². The van der Waals surface area contributed by atoms with Crippen LogP contribution in [0.4, 0.5) is 0 Å². The van der Waals surface area contributed by atoms with E-state index in [1.807, 2.05) is 12.1 Å². The highest BCUT2D eigenvalue weighted by molar-refractivity contribution is 5.19. The van der Waals surface area contributed by atoms with Crippen molar-refractivity contribution in [1.82, 2.24) is 0 Å². The average molecular weight is 196 g/mol. The van der Waals surface area contributed by atoms with Crippen LogP contribution in [0, 0.1) is 5.92 Å². The highest BCUT2D eigenvalue weighted by atomic mass is 16.5. The molecule has 1 saturated heterocycles. The van der Waals surface area contributed by atoms with Gasteiger partial charge in [0.05, 0.1) is 24.9 Å². The minimum atomic E-state index is -0.0764. The van der Waals surface area contributed by atoms with E-state index < -0.39 is 0 Å². The Kier molecular flexibility index (Phi) is 2.61. The van der Waals surface area contributed by atoms with Gasteiger partial charge >= 0.3 is 0 Å². The maximum atomic E-state index is 9.33. The van der Waals surface area contributed by atoms with Crippen LogP contribution >= 0.6 is 0 Å². The maximum absolute atomic E-state index is 9.33. The second-order valence-corrected chi connectivity index (χ2v) is 3.91. The van der Waals surface area contributed by atoms with Gasteiger partial charge < -0.3 is 14.3 Å². The van der Waals surface area contributed by atoms with E-state index in [1.54, 1.807) is 6.26 Å². The van der Waals surface area contributed by atoms with Crippen molar-refractivity contribution in [1.29, 1.82) is 0 Å². The molecule has 1 aromatic heterocycles. The van der Waals surface area contributed by atoms with Gasteiger partial charge in [-0.15, -0.1) is 0 Å². The fraction of sp³-hybridized carbons (Fsp3) is 0.636. The van der Waals surface area contributed by atoms with Crippen molar-refractivity contribution in [2.24, 2.45) is 5.92 Å². The summed E-state index contributed by atoms with van der Waals surface area (Å²) in [5, 5.41) is 9.33. The fourth-order valence-corrected chi connectivity index (χ4v) is 2.16. The van der Waals surface area contributed by atoms with Crippen LogP contribution in [0.2, 0.25) is 0 Å². The Morgan fingerprint density at radius 1 is 1.57 bits per heavy atom. The molecule has 1 atom stereocenters. The van der Waals surface area contributed by atoms with Crippen molar-refractivity contribution < 1.29 is 14.3 Å². The predicted molar refractivity (Wildman–Crippen MR) is 52.1 cm³/mol. The molecule has 0 saturated carbocycles. The van der Waals surface area contributed by atoms with Gasteiger partial charge in [-0.05, 0) is 24.5 Å². The van der Waals surface area contributed by atoms with Gasteiger partial charge in [0, 0.05) is 6.61 Å². The third-order valence-electron chi connectivity index (χ3n) is 3.23. The lowest BCUT2D eigenvalue weighted by atomic mass is 9.71. The Bertz CT molecular complexity index is 271. The summed E-state index contributed by atoms with van der Waals surface area (Å²) in [6.45, 7) is 3.61. The van der Waals surface area contributed by atoms with E-state index in [0.29, 0.717) is 13.2 Å². The van der Waals surface area contributed by atoms with E-state index in [4.69, 9.17) is 9.15 Å². The number of rotatable bonds is 4. The van der Waals surface area contributed by atoms with Crippen molar-refractivity contribution in [2.45, 2.75) is 18.8 Å². The van der Waals surface area contributed by atoms with E-state index >= 15 is 0 Å². The molecule has 1 aliphatic rings. The van der Waals surface area contributed by atoms with Gasteiger partial charge in [0.2, 0.25) is 0 Å². The quantitative estimate of drug-likeness (QED) is 0.794. The lowest BCUT2D eigenvalue weighted by Crippen LogP contribution is -2.53. The monoisotopic (exact) mass is 196 g/mol. The number of ether oxygens (including phenoxy) is 1. The molecule has 2 heterocycles. The Morgan fingerprint density at radius 3 is 2.71 bits per heavy atom. The van der Waals surface area contributed by atoms with Crippen LogP contribution in [0.5, 0.6) is 0 Å². The minimum absolute atomic E-state index is 0.0764. The molecule has 3 nitrogen and oxygen atoms in total. The summed E-state index contributed by atoms with van der Waals surface area (Å²) in [4.78, 5) is 0. The zero-order valence-electron chi connectivity index (χ0n) is 8.40. The first kappa shape index (κ1) is 9.74. The van der Waals surface area contributed by atoms with Gasteiger partial charge in [-0.1, -0.05) is 6.92 Å². The predicted octanol–water partition coefficient (Wildman–Crippen LogP) is 1.57. The van der Waals surface area contributed by atoms with E-state index in [2.05, 4.69) is 6.92 Å². The smallest absolute Gasteiger partial charge is 0.114 e. The van der Waals surface area contributed by atoms with E-state index in [9.17, 15) is 5.11 Å². The lowest BCUT2D eigenvalue weighted by Gasteiger charge is -2.44. The number of hydrogen-bond acceptors (Lipinski definition) is 3. The van der Waals surface area contributed by atoms with Gasteiger partial charge in [0.15, 0.2) is 0 Å². The second kappa shape index (κ2) is 3.75. The highest BCUT2D eigenvalue weighted by Gasteiger charge is 2.48. The van der Waals surface area contributed by atoms with E-state index in [1.165, 1.54) is 0 Å². The Labute approximate surface area is 83.7 Å². The third kappa shape index (κ3) is 1.28. The molecule has 0 amide bonds. The topological polar surface area (TPSA) is 42.6 Å². The summed E-state index contributed by atoms with van der Waals surface area (Å²) in [7, 11) is 0. The standard InChI is InChI=1S/C11H16O3/c1-2-9(6-12)11(7-13-8-11)10-4-3-5-14-10/h3-5,9,12H,2,6-8H2,1H3. The molecule has 0 bridgehead atoms. The van der Waals surface area contributed by atoms with Crippen LogP contribution in [0.25, 0.3) is 0 Å². The third-order valence-corrected chi connectivity index (χ3v) is 3.23. The summed E-state index contributed by atoms with van der Waals surface area (Å²) in [6, 6.07) is 3.86. The second-order valence-electron chi connectivity index (χ2n) is 3.91. The van der Waals surface area contributed by atoms with Crippen molar-refractivity contribution in [2.75, 3.05) is 19.8 Å². The Morgan fingerprint density at radius 2 is 2.36 bits per heavy atom. The molecule has 1 fully saturated rings. The molecule has 0 radical (unpaired) electrons. The first-order valence-corrected chi connectivity index (χ1v) is 5.06. The van der Waals surface area contributed by atoms with Crippen molar-refractivity contribution in [3.8, 4) is 0 Å². The number of hydrogen-bond donors (Lipinski definition) is 1. The van der Waals surface area contributed by atoms with Gasteiger partial charge in [-0.25, -0.2) is 0 Å².